The zero-order valence-electron chi connectivity index (χ0n) is 7.23. The van der Waals surface area contributed by atoms with E-state index in [0.717, 1.165) is 11.4 Å². The molecule has 2 heterocycles. The molecule has 0 amide bonds. The Morgan fingerprint density at radius 3 is 3.17 bits per heavy atom. The summed E-state index contributed by atoms with van der Waals surface area (Å²) in [4.78, 5) is 10.6. The summed E-state index contributed by atoms with van der Waals surface area (Å²) < 4.78 is 0. The lowest BCUT2D eigenvalue weighted by molar-refractivity contribution is 0.714. The third-order valence-corrected chi connectivity index (χ3v) is 2.17. The number of rotatable bonds is 0. The molecule has 3 nitrogen and oxygen atoms in total. The predicted octanol–water partition coefficient (Wildman–Crippen LogP) is 1.30. The van der Waals surface area contributed by atoms with Crippen molar-refractivity contribution in [3.63, 3.8) is 0 Å². The largest absolute Gasteiger partial charge is 0.351 e. The molecule has 0 radical (unpaired) electrons. The van der Waals surface area contributed by atoms with E-state index in [1.165, 1.54) is 0 Å². The van der Waals surface area contributed by atoms with E-state index in [2.05, 4.69) is 27.9 Å². The molecular weight excluding hydrogens is 150 g/mol. The maximum Gasteiger partial charge on any atom is 0.118 e. The van der Waals surface area contributed by atoms with E-state index in [1.807, 2.05) is 19.3 Å². The molecule has 0 spiro atoms. The van der Waals surface area contributed by atoms with Crippen LogP contribution in [0, 0.1) is 0 Å². The zero-order valence-corrected chi connectivity index (χ0v) is 7.23. The third-order valence-electron chi connectivity index (χ3n) is 2.17. The van der Waals surface area contributed by atoms with Crippen LogP contribution in [0.4, 0.5) is 5.69 Å². The molecule has 0 aliphatic carbocycles. The first kappa shape index (κ1) is 7.28. The standard InChI is InChI=1S/C9H11N3/c1-7-11-6-8-9(12(7)2)4-3-5-10-8/h3-7H,1-2H3. The van der Waals surface area contributed by atoms with E-state index in [0.29, 0.717) is 0 Å². The van der Waals surface area contributed by atoms with Crippen molar-refractivity contribution < 1.29 is 0 Å². The molecule has 2 rings (SSSR count). The Labute approximate surface area is 71.8 Å². The molecule has 1 aliphatic heterocycles. The van der Waals surface area contributed by atoms with E-state index in [-0.39, 0.29) is 6.17 Å². The van der Waals surface area contributed by atoms with Gasteiger partial charge < -0.3 is 4.90 Å². The van der Waals surface area contributed by atoms with E-state index in [9.17, 15) is 0 Å². The second-order valence-corrected chi connectivity index (χ2v) is 2.93. The monoisotopic (exact) mass is 161 g/mol. The van der Waals surface area contributed by atoms with Gasteiger partial charge in [-0.15, -0.1) is 0 Å². The molecule has 1 aromatic heterocycles. The van der Waals surface area contributed by atoms with E-state index < -0.39 is 0 Å². The van der Waals surface area contributed by atoms with Gasteiger partial charge in [0, 0.05) is 13.2 Å². The number of aliphatic imine (C=N–C) groups is 1. The fourth-order valence-electron chi connectivity index (χ4n) is 1.29. The Kier molecular flexibility index (Phi) is 1.57. The molecule has 1 unspecified atom stereocenters. The Balaban J connectivity index is 2.52. The number of hydrogen-bond donors (Lipinski definition) is 0. The Morgan fingerprint density at radius 2 is 2.33 bits per heavy atom. The number of pyridine rings is 1. The van der Waals surface area contributed by atoms with Gasteiger partial charge in [0.15, 0.2) is 0 Å². The summed E-state index contributed by atoms with van der Waals surface area (Å²) in [5.74, 6) is 0. The highest BCUT2D eigenvalue weighted by Crippen LogP contribution is 2.21. The van der Waals surface area contributed by atoms with Crippen LogP contribution >= 0.6 is 0 Å². The van der Waals surface area contributed by atoms with Crippen LogP contribution in [0.25, 0.3) is 0 Å². The first-order valence-corrected chi connectivity index (χ1v) is 4.00. The molecule has 0 saturated heterocycles. The lowest BCUT2D eigenvalue weighted by Gasteiger charge is -2.27. The van der Waals surface area contributed by atoms with Crippen LogP contribution in [-0.2, 0) is 0 Å². The average Bonchev–Trinajstić information content (AvgIpc) is 2.12. The minimum Gasteiger partial charge on any atom is -0.351 e. The molecule has 62 valence electrons. The summed E-state index contributed by atoms with van der Waals surface area (Å²) in [5.41, 5.74) is 2.11. The number of fused-ring (bicyclic) bond motifs is 1. The minimum absolute atomic E-state index is 0.224. The average molecular weight is 161 g/mol. The molecule has 1 aromatic rings. The summed E-state index contributed by atoms with van der Waals surface area (Å²) in [6.45, 7) is 2.06. The maximum absolute atomic E-state index is 4.29. The molecular formula is C9H11N3. The molecule has 1 atom stereocenters. The third kappa shape index (κ3) is 0.978. The van der Waals surface area contributed by atoms with Crippen molar-refractivity contribution in [2.75, 3.05) is 11.9 Å². The normalized spacial score (nSPS) is 20.8. The summed E-state index contributed by atoms with van der Waals surface area (Å²) in [7, 11) is 2.03. The van der Waals surface area contributed by atoms with Gasteiger partial charge in [-0.2, -0.15) is 0 Å². The SMILES string of the molecule is CC1N=Cc2ncccc2N1C. The van der Waals surface area contributed by atoms with Crippen LogP contribution in [0.5, 0.6) is 0 Å². The number of hydrogen-bond acceptors (Lipinski definition) is 3. The van der Waals surface area contributed by atoms with Crippen LogP contribution < -0.4 is 4.90 Å². The van der Waals surface area contributed by atoms with Crippen LogP contribution in [0.1, 0.15) is 12.6 Å². The summed E-state index contributed by atoms with van der Waals surface area (Å²) in [5, 5.41) is 0. The van der Waals surface area contributed by atoms with Gasteiger partial charge in [-0.1, -0.05) is 0 Å². The van der Waals surface area contributed by atoms with Crippen LogP contribution in [-0.4, -0.2) is 24.4 Å². The first-order valence-electron chi connectivity index (χ1n) is 4.00. The van der Waals surface area contributed by atoms with Gasteiger partial charge in [0.25, 0.3) is 0 Å². The van der Waals surface area contributed by atoms with Gasteiger partial charge in [-0.3, -0.25) is 9.98 Å². The summed E-state index contributed by atoms with van der Waals surface area (Å²) >= 11 is 0. The van der Waals surface area contributed by atoms with Gasteiger partial charge in [0.2, 0.25) is 0 Å². The Hall–Kier alpha value is -1.38. The highest BCUT2D eigenvalue weighted by atomic mass is 15.2. The fraction of sp³-hybridized carbons (Fsp3) is 0.333. The highest BCUT2D eigenvalue weighted by Gasteiger charge is 2.15. The maximum atomic E-state index is 4.29. The van der Waals surface area contributed by atoms with Crippen molar-refractivity contribution in [1.82, 2.24) is 4.98 Å². The Morgan fingerprint density at radius 1 is 1.50 bits per heavy atom. The lowest BCUT2D eigenvalue weighted by Crippen LogP contribution is -2.31. The van der Waals surface area contributed by atoms with Gasteiger partial charge in [-0.25, -0.2) is 0 Å². The smallest absolute Gasteiger partial charge is 0.118 e. The molecule has 3 heteroatoms. The number of anilines is 1. The Bertz CT molecular complexity index is 319. The van der Waals surface area contributed by atoms with Crippen molar-refractivity contribution >= 4 is 11.9 Å². The van der Waals surface area contributed by atoms with Gasteiger partial charge in [0.1, 0.15) is 11.9 Å². The highest BCUT2D eigenvalue weighted by molar-refractivity contribution is 5.87. The molecule has 0 bridgehead atoms. The first-order chi connectivity index (χ1) is 5.79. The summed E-state index contributed by atoms with van der Waals surface area (Å²) in [6.07, 6.45) is 3.84. The second kappa shape index (κ2) is 2.59. The fourth-order valence-corrected chi connectivity index (χ4v) is 1.29. The van der Waals surface area contributed by atoms with E-state index in [1.54, 1.807) is 6.20 Å². The van der Waals surface area contributed by atoms with Crippen molar-refractivity contribution in [2.24, 2.45) is 4.99 Å². The van der Waals surface area contributed by atoms with Gasteiger partial charge in [0.05, 0.1) is 11.9 Å². The van der Waals surface area contributed by atoms with Gasteiger partial charge in [-0.05, 0) is 19.1 Å². The molecule has 0 aromatic carbocycles. The molecule has 0 N–H and O–H groups in total. The molecule has 12 heavy (non-hydrogen) atoms. The van der Waals surface area contributed by atoms with Crippen molar-refractivity contribution in [3.8, 4) is 0 Å². The minimum atomic E-state index is 0.224. The quantitative estimate of drug-likeness (QED) is 0.573. The molecule has 1 aliphatic rings. The van der Waals surface area contributed by atoms with E-state index in [4.69, 9.17) is 0 Å². The topological polar surface area (TPSA) is 28.5 Å². The van der Waals surface area contributed by atoms with Crippen molar-refractivity contribution in [2.45, 2.75) is 13.1 Å². The lowest BCUT2D eigenvalue weighted by atomic mass is 10.2. The second-order valence-electron chi connectivity index (χ2n) is 2.93. The van der Waals surface area contributed by atoms with Crippen molar-refractivity contribution in [3.05, 3.63) is 24.0 Å². The summed E-state index contributed by atoms with van der Waals surface area (Å²) in [6, 6.07) is 4.01. The molecule has 0 saturated carbocycles. The number of nitrogens with zero attached hydrogens (tertiary/aromatic N) is 3. The number of aromatic nitrogens is 1. The van der Waals surface area contributed by atoms with Crippen LogP contribution in [0.2, 0.25) is 0 Å². The molecule has 0 fully saturated rings. The van der Waals surface area contributed by atoms with Gasteiger partial charge >= 0.3 is 0 Å². The van der Waals surface area contributed by atoms with E-state index >= 15 is 0 Å². The van der Waals surface area contributed by atoms with Crippen LogP contribution in [0.15, 0.2) is 23.3 Å². The van der Waals surface area contributed by atoms with Crippen LogP contribution in [0.3, 0.4) is 0 Å². The predicted molar refractivity (Wildman–Crippen MR) is 49.7 cm³/mol. The zero-order chi connectivity index (χ0) is 8.55. The van der Waals surface area contributed by atoms with Crippen molar-refractivity contribution in [1.29, 1.82) is 0 Å².